The third-order valence-corrected chi connectivity index (χ3v) is 2.79. The molecule has 0 aromatic heterocycles. The molecular formula is C15H29NO3. The number of esters is 1. The first kappa shape index (κ1) is 17.9. The number of hydrogen-bond acceptors (Lipinski definition) is 3. The van der Waals surface area contributed by atoms with Crippen LogP contribution in [0.4, 0.5) is 0 Å². The third-order valence-electron chi connectivity index (χ3n) is 2.79. The largest absolute Gasteiger partial charge is 0.458 e. The monoisotopic (exact) mass is 271 g/mol. The first-order valence-electron chi connectivity index (χ1n) is 7.11. The van der Waals surface area contributed by atoms with Crippen molar-refractivity contribution >= 4 is 11.9 Å². The Morgan fingerprint density at radius 1 is 1.16 bits per heavy atom. The van der Waals surface area contributed by atoms with E-state index in [4.69, 9.17) is 4.74 Å². The first-order valence-corrected chi connectivity index (χ1v) is 7.11. The normalized spacial score (nSPS) is 14.9. The van der Waals surface area contributed by atoms with Crippen molar-refractivity contribution in [3.63, 3.8) is 0 Å². The zero-order valence-electron chi connectivity index (χ0n) is 13.4. The molecule has 0 aliphatic heterocycles. The molecule has 0 fully saturated rings. The van der Waals surface area contributed by atoms with E-state index in [1.165, 1.54) is 0 Å². The zero-order chi connectivity index (χ0) is 15.2. The molecule has 0 saturated heterocycles. The molecular weight excluding hydrogens is 242 g/mol. The van der Waals surface area contributed by atoms with E-state index in [0.717, 1.165) is 12.8 Å². The number of hydrogen-bond donors (Lipinski definition) is 1. The Balaban J connectivity index is 4.67. The van der Waals surface area contributed by atoms with E-state index in [1.807, 2.05) is 48.5 Å². The second-order valence-electron chi connectivity index (χ2n) is 6.45. The van der Waals surface area contributed by atoms with E-state index >= 15 is 0 Å². The number of carbonyl (C=O) groups excluding carboxylic acids is 2. The van der Waals surface area contributed by atoms with Gasteiger partial charge in [0, 0.05) is 5.92 Å². The maximum atomic E-state index is 12.1. The molecule has 1 unspecified atom stereocenters. The number of amides is 1. The Morgan fingerprint density at radius 2 is 1.68 bits per heavy atom. The van der Waals surface area contributed by atoms with Gasteiger partial charge in [0.2, 0.25) is 5.91 Å². The standard InChI is InChI=1S/C15H29NO3/c1-8-9-11(4)13(17)16-12(10(2)3)14(18)19-15(5,6)7/h10-12H,8-9H2,1-7H3,(H,16,17)/t11?,12-/m1/s1. The molecule has 0 aromatic carbocycles. The predicted molar refractivity (Wildman–Crippen MR) is 76.7 cm³/mol. The molecule has 0 radical (unpaired) electrons. The van der Waals surface area contributed by atoms with Crippen molar-refractivity contribution in [3.05, 3.63) is 0 Å². The van der Waals surface area contributed by atoms with Crippen LogP contribution in [0.2, 0.25) is 0 Å². The van der Waals surface area contributed by atoms with Crippen LogP contribution >= 0.6 is 0 Å². The molecule has 0 spiro atoms. The first-order chi connectivity index (χ1) is 8.58. The van der Waals surface area contributed by atoms with Gasteiger partial charge in [0.05, 0.1) is 0 Å². The molecule has 4 heteroatoms. The lowest BCUT2D eigenvalue weighted by molar-refractivity contribution is -0.160. The van der Waals surface area contributed by atoms with Gasteiger partial charge in [-0.15, -0.1) is 0 Å². The SMILES string of the molecule is CCCC(C)C(=O)N[C@@H](C(=O)OC(C)(C)C)C(C)C. The lowest BCUT2D eigenvalue weighted by Gasteiger charge is -2.27. The quantitative estimate of drug-likeness (QED) is 0.756. The van der Waals surface area contributed by atoms with E-state index in [2.05, 4.69) is 5.32 Å². The van der Waals surface area contributed by atoms with Crippen LogP contribution < -0.4 is 5.32 Å². The van der Waals surface area contributed by atoms with Crippen molar-refractivity contribution in [1.29, 1.82) is 0 Å². The van der Waals surface area contributed by atoms with Crippen molar-refractivity contribution in [2.45, 2.75) is 73.0 Å². The van der Waals surface area contributed by atoms with Gasteiger partial charge in [-0.1, -0.05) is 34.1 Å². The average molecular weight is 271 g/mol. The second kappa shape index (κ2) is 7.51. The van der Waals surface area contributed by atoms with Gasteiger partial charge in [0.15, 0.2) is 0 Å². The molecule has 19 heavy (non-hydrogen) atoms. The molecule has 0 aliphatic carbocycles. The van der Waals surface area contributed by atoms with Crippen LogP contribution in [0.5, 0.6) is 0 Å². The van der Waals surface area contributed by atoms with Crippen molar-refractivity contribution in [1.82, 2.24) is 5.32 Å². The van der Waals surface area contributed by atoms with Gasteiger partial charge in [0.1, 0.15) is 11.6 Å². The highest BCUT2D eigenvalue weighted by Gasteiger charge is 2.30. The van der Waals surface area contributed by atoms with Gasteiger partial charge >= 0.3 is 5.97 Å². The van der Waals surface area contributed by atoms with E-state index < -0.39 is 11.6 Å². The van der Waals surface area contributed by atoms with Gasteiger partial charge < -0.3 is 10.1 Å². The summed E-state index contributed by atoms with van der Waals surface area (Å²) in [5, 5.41) is 2.81. The molecule has 2 atom stereocenters. The van der Waals surface area contributed by atoms with Gasteiger partial charge in [-0.05, 0) is 33.1 Å². The Kier molecular flexibility index (Phi) is 7.09. The fraction of sp³-hybridized carbons (Fsp3) is 0.867. The Hall–Kier alpha value is -1.06. The summed E-state index contributed by atoms with van der Waals surface area (Å²) in [7, 11) is 0. The van der Waals surface area contributed by atoms with E-state index in [-0.39, 0.29) is 23.7 Å². The summed E-state index contributed by atoms with van der Waals surface area (Å²) in [5.41, 5.74) is -0.538. The summed E-state index contributed by atoms with van der Waals surface area (Å²) in [6.07, 6.45) is 1.78. The zero-order valence-corrected chi connectivity index (χ0v) is 13.4. The average Bonchev–Trinajstić information content (AvgIpc) is 2.22. The molecule has 0 aliphatic rings. The maximum absolute atomic E-state index is 12.1. The Morgan fingerprint density at radius 3 is 2.05 bits per heavy atom. The highest BCUT2D eigenvalue weighted by Crippen LogP contribution is 2.13. The summed E-state index contributed by atoms with van der Waals surface area (Å²) in [4.78, 5) is 24.1. The Bertz CT molecular complexity index is 305. The van der Waals surface area contributed by atoms with Crippen LogP contribution in [0.25, 0.3) is 0 Å². The van der Waals surface area contributed by atoms with Gasteiger partial charge in [-0.3, -0.25) is 4.79 Å². The minimum Gasteiger partial charge on any atom is -0.458 e. The van der Waals surface area contributed by atoms with Crippen LogP contribution in [-0.2, 0) is 14.3 Å². The number of carbonyl (C=O) groups is 2. The smallest absolute Gasteiger partial charge is 0.329 e. The highest BCUT2D eigenvalue weighted by molar-refractivity contribution is 5.85. The van der Waals surface area contributed by atoms with Crippen molar-refractivity contribution < 1.29 is 14.3 Å². The number of nitrogens with one attached hydrogen (secondary N) is 1. The summed E-state index contributed by atoms with van der Waals surface area (Å²) in [6.45, 7) is 13.2. The predicted octanol–water partition coefficient (Wildman–Crippen LogP) is 2.91. The molecule has 0 aromatic rings. The summed E-state index contributed by atoms with van der Waals surface area (Å²) in [6, 6.07) is -0.578. The minimum atomic E-state index is -0.578. The molecule has 1 amide bonds. The van der Waals surface area contributed by atoms with Crippen LogP contribution in [0.3, 0.4) is 0 Å². The topological polar surface area (TPSA) is 55.4 Å². The molecule has 112 valence electrons. The van der Waals surface area contributed by atoms with Crippen LogP contribution in [0.15, 0.2) is 0 Å². The van der Waals surface area contributed by atoms with E-state index in [1.54, 1.807) is 0 Å². The fourth-order valence-corrected chi connectivity index (χ4v) is 1.72. The summed E-state index contributed by atoms with van der Waals surface area (Å²) < 4.78 is 5.35. The van der Waals surface area contributed by atoms with Gasteiger partial charge in [-0.2, -0.15) is 0 Å². The van der Waals surface area contributed by atoms with Crippen molar-refractivity contribution in [3.8, 4) is 0 Å². The lowest BCUT2D eigenvalue weighted by Crippen LogP contribution is -2.48. The molecule has 1 N–H and O–H groups in total. The fourth-order valence-electron chi connectivity index (χ4n) is 1.72. The molecule has 0 saturated carbocycles. The minimum absolute atomic E-state index is 0.00706. The van der Waals surface area contributed by atoms with E-state index in [9.17, 15) is 9.59 Å². The summed E-state index contributed by atoms with van der Waals surface area (Å²) in [5.74, 6) is -0.507. The highest BCUT2D eigenvalue weighted by atomic mass is 16.6. The molecule has 0 rings (SSSR count). The van der Waals surface area contributed by atoms with Crippen LogP contribution in [0, 0.1) is 11.8 Å². The van der Waals surface area contributed by atoms with Crippen LogP contribution in [0.1, 0.15) is 61.3 Å². The van der Waals surface area contributed by atoms with Gasteiger partial charge in [-0.25, -0.2) is 4.79 Å². The van der Waals surface area contributed by atoms with Crippen molar-refractivity contribution in [2.75, 3.05) is 0 Å². The molecule has 0 bridgehead atoms. The third kappa shape index (κ3) is 7.19. The van der Waals surface area contributed by atoms with Gasteiger partial charge in [0.25, 0.3) is 0 Å². The lowest BCUT2D eigenvalue weighted by atomic mass is 10.0. The molecule has 4 nitrogen and oxygen atoms in total. The Labute approximate surface area is 117 Å². The number of ether oxygens (including phenoxy) is 1. The van der Waals surface area contributed by atoms with E-state index in [0.29, 0.717) is 0 Å². The number of rotatable bonds is 6. The second-order valence-corrected chi connectivity index (χ2v) is 6.45. The van der Waals surface area contributed by atoms with Crippen molar-refractivity contribution in [2.24, 2.45) is 11.8 Å². The summed E-state index contributed by atoms with van der Waals surface area (Å²) >= 11 is 0. The van der Waals surface area contributed by atoms with Crippen LogP contribution in [-0.4, -0.2) is 23.5 Å². The molecule has 0 heterocycles. The maximum Gasteiger partial charge on any atom is 0.329 e.